The minimum absolute atomic E-state index is 0.00255. The molecule has 2 rings (SSSR count). The number of ether oxygens (including phenoxy) is 2. The molecule has 0 heterocycles. The Hall–Kier alpha value is -3.35. The molecule has 0 unspecified atom stereocenters. The molecule has 0 atom stereocenters. The summed E-state index contributed by atoms with van der Waals surface area (Å²) in [6, 6.07) is 10.7. The third kappa shape index (κ3) is 4.83. The van der Waals surface area contributed by atoms with Crippen LogP contribution < -0.4 is 14.8 Å². The fourth-order valence-corrected chi connectivity index (χ4v) is 2.31. The Bertz CT molecular complexity index is 813. The van der Waals surface area contributed by atoms with Crippen LogP contribution in [0.15, 0.2) is 42.5 Å². The molecule has 0 fully saturated rings. The van der Waals surface area contributed by atoms with Crippen LogP contribution in [0.1, 0.15) is 33.6 Å². The van der Waals surface area contributed by atoms with Crippen LogP contribution in [-0.4, -0.2) is 37.0 Å². The first kappa shape index (κ1) is 19.0. The molecule has 1 amide bonds. The van der Waals surface area contributed by atoms with Crippen molar-refractivity contribution < 1.29 is 29.0 Å². The van der Waals surface area contributed by atoms with E-state index in [4.69, 9.17) is 14.6 Å². The van der Waals surface area contributed by atoms with Crippen LogP contribution in [0.2, 0.25) is 0 Å². The Kier molecular flexibility index (Phi) is 6.32. The number of carbonyl (C=O) groups excluding carboxylic acids is 2. The molecule has 0 saturated heterocycles. The van der Waals surface area contributed by atoms with Crippen LogP contribution in [-0.2, 0) is 4.79 Å². The highest BCUT2D eigenvalue weighted by atomic mass is 16.5. The van der Waals surface area contributed by atoms with Gasteiger partial charge in [-0.05, 0) is 42.5 Å². The Morgan fingerprint density at radius 2 is 1.65 bits per heavy atom. The Morgan fingerprint density at radius 3 is 2.23 bits per heavy atom. The van der Waals surface area contributed by atoms with E-state index < -0.39 is 5.97 Å². The second-order valence-corrected chi connectivity index (χ2v) is 5.42. The van der Waals surface area contributed by atoms with Gasteiger partial charge >= 0.3 is 5.97 Å². The van der Waals surface area contributed by atoms with Crippen molar-refractivity contribution in [3.63, 3.8) is 0 Å². The average molecular weight is 357 g/mol. The van der Waals surface area contributed by atoms with E-state index in [0.717, 1.165) is 0 Å². The number of ketones is 1. The maximum absolute atomic E-state index is 12.4. The molecule has 0 aliphatic heterocycles. The van der Waals surface area contributed by atoms with Gasteiger partial charge in [0, 0.05) is 18.5 Å². The zero-order valence-corrected chi connectivity index (χ0v) is 14.4. The Balaban J connectivity index is 1.96. The normalized spacial score (nSPS) is 10.1. The van der Waals surface area contributed by atoms with Crippen LogP contribution in [0.3, 0.4) is 0 Å². The molecule has 0 spiro atoms. The molecule has 0 radical (unpaired) electrons. The summed E-state index contributed by atoms with van der Waals surface area (Å²) in [7, 11) is 2.96. The van der Waals surface area contributed by atoms with Gasteiger partial charge in [-0.1, -0.05) is 0 Å². The van der Waals surface area contributed by atoms with Crippen molar-refractivity contribution in [1.82, 2.24) is 0 Å². The number of nitrogens with one attached hydrogen (secondary N) is 1. The molecular weight excluding hydrogens is 338 g/mol. The number of carbonyl (C=O) groups is 3. The Morgan fingerprint density at radius 1 is 0.962 bits per heavy atom. The van der Waals surface area contributed by atoms with Crippen molar-refractivity contribution in [3.05, 3.63) is 53.6 Å². The molecule has 7 heteroatoms. The first-order valence-electron chi connectivity index (χ1n) is 7.83. The summed E-state index contributed by atoms with van der Waals surface area (Å²) in [6.45, 7) is 0. The van der Waals surface area contributed by atoms with Gasteiger partial charge in [0.1, 0.15) is 11.5 Å². The van der Waals surface area contributed by atoms with Gasteiger partial charge in [0.05, 0.1) is 25.3 Å². The molecule has 0 saturated carbocycles. The van der Waals surface area contributed by atoms with Gasteiger partial charge < -0.3 is 19.9 Å². The number of rotatable bonds is 8. The highest BCUT2D eigenvalue weighted by Gasteiger charge is 2.15. The summed E-state index contributed by atoms with van der Waals surface area (Å²) < 4.78 is 10.3. The summed E-state index contributed by atoms with van der Waals surface area (Å²) in [4.78, 5) is 35.2. The topological polar surface area (TPSA) is 102 Å². The molecule has 0 aliphatic rings. The van der Waals surface area contributed by atoms with Crippen LogP contribution in [0.25, 0.3) is 0 Å². The minimum Gasteiger partial charge on any atom is -0.497 e. The second-order valence-electron chi connectivity index (χ2n) is 5.42. The van der Waals surface area contributed by atoms with E-state index in [1.54, 1.807) is 18.2 Å². The highest BCUT2D eigenvalue weighted by molar-refractivity contribution is 6.02. The maximum Gasteiger partial charge on any atom is 0.335 e. The monoisotopic (exact) mass is 357 g/mol. The molecule has 0 bridgehead atoms. The summed E-state index contributed by atoms with van der Waals surface area (Å²) >= 11 is 0. The third-order valence-electron chi connectivity index (χ3n) is 3.70. The van der Waals surface area contributed by atoms with Gasteiger partial charge in [-0.25, -0.2) is 4.79 Å². The molecule has 0 aromatic heterocycles. The molecule has 7 nitrogen and oxygen atoms in total. The van der Waals surface area contributed by atoms with E-state index in [2.05, 4.69) is 5.32 Å². The summed E-state index contributed by atoms with van der Waals surface area (Å²) in [5.41, 5.74) is 0.945. The van der Waals surface area contributed by atoms with Gasteiger partial charge in [-0.2, -0.15) is 0 Å². The quantitative estimate of drug-likeness (QED) is 0.704. The Labute approximate surface area is 150 Å². The number of aromatic carboxylic acids is 1. The van der Waals surface area contributed by atoms with Crippen molar-refractivity contribution in [3.8, 4) is 11.5 Å². The smallest absolute Gasteiger partial charge is 0.335 e. The van der Waals surface area contributed by atoms with Gasteiger partial charge in [0.2, 0.25) is 5.91 Å². The minimum atomic E-state index is -1.04. The molecule has 26 heavy (non-hydrogen) atoms. The zero-order chi connectivity index (χ0) is 19.1. The number of benzene rings is 2. The van der Waals surface area contributed by atoms with Crippen LogP contribution >= 0.6 is 0 Å². The standard InChI is InChI=1S/C19H19NO6/c1-25-14-7-9-17(26-2)15(11-14)16(21)8-10-18(22)20-13-5-3-12(4-6-13)19(23)24/h3-7,9,11H,8,10H2,1-2H3,(H,20,22)(H,23,24). The molecule has 136 valence electrons. The number of anilines is 1. The first-order valence-corrected chi connectivity index (χ1v) is 7.83. The summed E-state index contributed by atoms with van der Waals surface area (Å²) in [5.74, 6) is -0.682. The maximum atomic E-state index is 12.4. The largest absolute Gasteiger partial charge is 0.497 e. The van der Waals surface area contributed by atoms with E-state index >= 15 is 0 Å². The number of hydrogen-bond donors (Lipinski definition) is 2. The zero-order valence-electron chi connectivity index (χ0n) is 14.4. The van der Waals surface area contributed by atoms with Gasteiger partial charge in [0.15, 0.2) is 5.78 Å². The lowest BCUT2D eigenvalue weighted by Crippen LogP contribution is -2.14. The lowest BCUT2D eigenvalue weighted by molar-refractivity contribution is -0.116. The summed E-state index contributed by atoms with van der Waals surface area (Å²) in [6.07, 6.45) is -0.0115. The van der Waals surface area contributed by atoms with Crippen molar-refractivity contribution in [2.45, 2.75) is 12.8 Å². The van der Waals surface area contributed by atoms with Gasteiger partial charge in [-0.3, -0.25) is 9.59 Å². The van der Waals surface area contributed by atoms with E-state index in [1.165, 1.54) is 38.5 Å². The average Bonchev–Trinajstić information content (AvgIpc) is 2.65. The van der Waals surface area contributed by atoms with Gasteiger partial charge in [-0.15, -0.1) is 0 Å². The van der Waals surface area contributed by atoms with Crippen molar-refractivity contribution in [2.24, 2.45) is 0 Å². The second kappa shape index (κ2) is 8.66. The predicted molar refractivity (Wildman–Crippen MR) is 95.1 cm³/mol. The van der Waals surface area contributed by atoms with Crippen LogP contribution in [0.5, 0.6) is 11.5 Å². The molecule has 2 N–H and O–H groups in total. The SMILES string of the molecule is COc1ccc(OC)c(C(=O)CCC(=O)Nc2ccc(C(=O)O)cc2)c1. The van der Waals surface area contributed by atoms with Crippen LogP contribution in [0, 0.1) is 0 Å². The van der Waals surface area contributed by atoms with Crippen molar-refractivity contribution >= 4 is 23.3 Å². The number of Topliss-reactive ketones (excluding diaryl/α,β-unsaturated/α-hetero) is 1. The predicted octanol–water partition coefficient (Wildman–Crippen LogP) is 3.00. The van der Waals surface area contributed by atoms with Crippen molar-refractivity contribution in [2.75, 3.05) is 19.5 Å². The number of methoxy groups -OCH3 is 2. The van der Waals surface area contributed by atoms with E-state index in [9.17, 15) is 14.4 Å². The molecule has 2 aromatic rings. The molecule has 2 aromatic carbocycles. The van der Waals surface area contributed by atoms with E-state index in [0.29, 0.717) is 22.7 Å². The highest BCUT2D eigenvalue weighted by Crippen LogP contribution is 2.25. The van der Waals surface area contributed by atoms with E-state index in [-0.39, 0.29) is 30.1 Å². The fraction of sp³-hybridized carbons (Fsp3) is 0.211. The summed E-state index contributed by atoms with van der Waals surface area (Å²) in [5, 5.41) is 11.5. The molecule has 0 aliphatic carbocycles. The van der Waals surface area contributed by atoms with Crippen LogP contribution in [0.4, 0.5) is 5.69 Å². The number of carboxylic acid groups (broad SMARTS) is 1. The lowest BCUT2D eigenvalue weighted by Gasteiger charge is -2.10. The fourth-order valence-electron chi connectivity index (χ4n) is 2.31. The number of amides is 1. The third-order valence-corrected chi connectivity index (χ3v) is 3.70. The number of hydrogen-bond acceptors (Lipinski definition) is 5. The number of carboxylic acids is 1. The van der Waals surface area contributed by atoms with E-state index in [1.807, 2.05) is 0 Å². The van der Waals surface area contributed by atoms with Gasteiger partial charge in [0.25, 0.3) is 0 Å². The first-order chi connectivity index (χ1) is 12.4. The van der Waals surface area contributed by atoms with Crippen molar-refractivity contribution in [1.29, 1.82) is 0 Å². The molecular formula is C19H19NO6. The lowest BCUT2D eigenvalue weighted by atomic mass is 10.0.